The van der Waals surface area contributed by atoms with E-state index in [-0.39, 0.29) is 11.5 Å². The third-order valence-corrected chi connectivity index (χ3v) is 4.54. The zero-order valence-electron chi connectivity index (χ0n) is 18.0. The normalized spacial score (nSPS) is 10.3. The molecule has 0 radical (unpaired) electrons. The molecule has 0 bridgehead atoms. The highest BCUT2D eigenvalue weighted by atomic mass is 16.7. The predicted molar refractivity (Wildman–Crippen MR) is 119 cm³/mol. The first-order valence-electron chi connectivity index (χ1n) is 9.48. The van der Waals surface area contributed by atoms with E-state index in [4.69, 9.17) is 9.47 Å². The highest BCUT2D eigenvalue weighted by molar-refractivity contribution is 5.68. The standard InChI is InChI=1S/C18H8N6O14/c25-19(26)9-5-13(21(29)30)17(14(6-9)22(31)32)37-11-1-2-12(4-3-11)38-18-15(23(33)34)7-10(20(27)28)8-16(18)24(35)36/h1-8H. The minimum Gasteiger partial charge on any atom is -0.444 e. The lowest BCUT2D eigenvalue weighted by Crippen LogP contribution is -2.01. The number of rotatable bonds is 10. The van der Waals surface area contributed by atoms with Gasteiger partial charge in [0.1, 0.15) is 11.5 Å². The van der Waals surface area contributed by atoms with Crippen LogP contribution in [0.3, 0.4) is 0 Å². The Kier molecular flexibility index (Phi) is 6.99. The van der Waals surface area contributed by atoms with Crippen LogP contribution in [-0.2, 0) is 0 Å². The zero-order chi connectivity index (χ0) is 28.3. The summed E-state index contributed by atoms with van der Waals surface area (Å²) in [7, 11) is 0. The molecule has 0 amide bonds. The van der Waals surface area contributed by atoms with Crippen molar-refractivity contribution in [3.8, 4) is 23.0 Å². The lowest BCUT2D eigenvalue weighted by Gasteiger charge is -2.09. The van der Waals surface area contributed by atoms with Gasteiger partial charge in [0.15, 0.2) is 0 Å². The van der Waals surface area contributed by atoms with Gasteiger partial charge in [0.2, 0.25) is 0 Å². The molecule has 38 heavy (non-hydrogen) atoms. The first kappa shape index (κ1) is 26.3. The summed E-state index contributed by atoms with van der Waals surface area (Å²) in [5.74, 6) is -2.49. The summed E-state index contributed by atoms with van der Waals surface area (Å²) in [6.07, 6.45) is 0. The van der Waals surface area contributed by atoms with Gasteiger partial charge in [-0.05, 0) is 24.3 Å². The van der Waals surface area contributed by atoms with Crippen molar-refractivity contribution in [2.45, 2.75) is 0 Å². The van der Waals surface area contributed by atoms with Crippen LogP contribution in [0, 0.1) is 60.7 Å². The minimum atomic E-state index is -1.14. The molecule has 0 aliphatic rings. The molecule has 20 heteroatoms. The molecule has 20 nitrogen and oxygen atoms in total. The number of hydrogen-bond donors (Lipinski definition) is 0. The molecule has 0 N–H and O–H groups in total. The summed E-state index contributed by atoms with van der Waals surface area (Å²) < 4.78 is 10.4. The molecular weight excluding hydrogens is 524 g/mol. The molecule has 0 aliphatic heterocycles. The van der Waals surface area contributed by atoms with Crippen LogP contribution in [0.25, 0.3) is 0 Å². The van der Waals surface area contributed by atoms with E-state index in [9.17, 15) is 60.7 Å². The molecular formula is C18H8N6O14. The molecule has 0 atom stereocenters. The van der Waals surface area contributed by atoms with Crippen LogP contribution < -0.4 is 9.47 Å². The maximum Gasteiger partial charge on any atom is 0.325 e. The molecule has 0 fully saturated rings. The van der Waals surface area contributed by atoms with Crippen LogP contribution in [0.2, 0.25) is 0 Å². The van der Waals surface area contributed by atoms with Gasteiger partial charge in [-0.2, -0.15) is 0 Å². The molecule has 0 aromatic heterocycles. The van der Waals surface area contributed by atoms with Gasteiger partial charge in [0.05, 0.1) is 53.8 Å². The highest BCUT2D eigenvalue weighted by Gasteiger charge is 2.34. The van der Waals surface area contributed by atoms with Crippen LogP contribution in [-0.4, -0.2) is 29.5 Å². The summed E-state index contributed by atoms with van der Waals surface area (Å²) in [6.45, 7) is 0. The van der Waals surface area contributed by atoms with Crippen LogP contribution >= 0.6 is 0 Å². The first-order chi connectivity index (χ1) is 17.8. The Bertz CT molecular complexity index is 1350. The second kappa shape index (κ2) is 10.1. The van der Waals surface area contributed by atoms with E-state index in [1.807, 2.05) is 0 Å². The summed E-state index contributed by atoms with van der Waals surface area (Å²) in [4.78, 5) is 60.7. The average Bonchev–Trinajstić information content (AvgIpc) is 2.84. The molecule has 0 spiro atoms. The quantitative estimate of drug-likeness (QED) is 0.252. The fraction of sp³-hybridized carbons (Fsp3) is 0. The fourth-order valence-corrected chi connectivity index (χ4v) is 2.94. The Balaban J connectivity index is 2.02. The lowest BCUT2D eigenvalue weighted by atomic mass is 10.2. The average molecular weight is 532 g/mol. The number of hydrogen-bond acceptors (Lipinski definition) is 14. The SMILES string of the molecule is O=[N+]([O-])c1cc([N+](=O)[O-])c(Oc2ccc(Oc3c([N+](=O)[O-])cc([N+](=O)[O-])cc3[N+](=O)[O-])cc2)c([N+](=O)[O-])c1. The molecule has 3 rings (SSSR count). The third kappa shape index (κ3) is 5.32. The van der Waals surface area contributed by atoms with Gasteiger partial charge < -0.3 is 9.47 Å². The van der Waals surface area contributed by atoms with E-state index in [1.54, 1.807) is 0 Å². The van der Waals surface area contributed by atoms with Crippen molar-refractivity contribution in [2.75, 3.05) is 0 Å². The molecule has 0 saturated heterocycles. The van der Waals surface area contributed by atoms with E-state index in [0.29, 0.717) is 24.3 Å². The molecule has 0 saturated carbocycles. The van der Waals surface area contributed by atoms with Crippen LogP contribution in [0.15, 0.2) is 48.5 Å². The number of nitro benzene ring substituents is 6. The third-order valence-electron chi connectivity index (χ3n) is 4.54. The van der Waals surface area contributed by atoms with Crippen molar-refractivity contribution in [3.05, 3.63) is 109 Å². The number of nitrogens with zero attached hydrogens (tertiary/aromatic N) is 6. The van der Waals surface area contributed by atoms with Crippen molar-refractivity contribution < 1.29 is 39.0 Å². The van der Waals surface area contributed by atoms with Gasteiger partial charge in [-0.1, -0.05) is 0 Å². The number of ether oxygens (including phenoxy) is 2. The number of nitro groups is 6. The maximum absolute atomic E-state index is 11.4. The van der Waals surface area contributed by atoms with E-state index < -0.39 is 75.2 Å². The number of non-ortho nitro benzene ring substituents is 2. The predicted octanol–water partition coefficient (Wildman–Crippen LogP) is 4.72. The van der Waals surface area contributed by atoms with Crippen molar-refractivity contribution in [2.24, 2.45) is 0 Å². The molecule has 0 aliphatic carbocycles. The van der Waals surface area contributed by atoms with E-state index in [2.05, 4.69) is 0 Å². The topological polar surface area (TPSA) is 277 Å². The molecule has 3 aromatic rings. The molecule has 3 aromatic carbocycles. The van der Waals surface area contributed by atoms with E-state index in [0.717, 1.165) is 24.3 Å². The molecule has 0 unspecified atom stereocenters. The first-order valence-corrected chi connectivity index (χ1v) is 9.48. The van der Waals surface area contributed by atoms with Crippen molar-refractivity contribution in [3.63, 3.8) is 0 Å². The van der Waals surface area contributed by atoms with Gasteiger partial charge in [-0.15, -0.1) is 0 Å². The van der Waals surface area contributed by atoms with Gasteiger partial charge in [-0.3, -0.25) is 60.7 Å². The Morgan fingerprint density at radius 3 is 0.842 bits per heavy atom. The Morgan fingerprint density at radius 1 is 0.421 bits per heavy atom. The monoisotopic (exact) mass is 532 g/mol. The van der Waals surface area contributed by atoms with Crippen LogP contribution in [0.4, 0.5) is 34.1 Å². The smallest absolute Gasteiger partial charge is 0.325 e. The van der Waals surface area contributed by atoms with Crippen molar-refractivity contribution in [1.29, 1.82) is 0 Å². The van der Waals surface area contributed by atoms with Gasteiger partial charge in [-0.25, -0.2) is 0 Å². The van der Waals surface area contributed by atoms with Gasteiger partial charge >= 0.3 is 22.7 Å². The molecule has 194 valence electrons. The Labute approximate surface area is 206 Å². The number of benzene rings is 3. The largest absolute Gasteiger partial charge is 0.444 e. The maximum atomic E-state index is 11.4. The van der Waals surface area contributed by atoms with Crippen LogP contribution in [0.5, 0.6) is 23.0 Å². The zero-order valence-corrected chi connectivity index (χ0v) is 18.0. The van der Waals surface area contributed by atoms with Gasteiger partial charge in [0, 0.05) is 0 Å². The van der Waals surface area contributed by atoms with Gasteiger partial charge in [0.25, 0.3) is 22.9 Å². The Hall–Kier alpha value is -6.34. The van der Waals surface area contributed by atoms with E-state index >= 15 is 0 Å². The molecule has 0 heterocycles. The second-order valence-corrected chi connectivity index (χ2v) is 6.84. The summed E-state index contributed by atoms with van der Waals surface area (Å²) in [5, 5.41) is 67.4. The Morgan fingerprint density at radius 2 is 0.658 bits per heavy atom. The minimum absolute atomic E-state index is 0.301. The summed E-state index contributed by atoms with van der Waals surface area (Å²) in [5.41, 5.74) is -6.25. The lowest BCUT2D eigenvalue weighted by molar-refractivity contribution is -0.404. The van der Waals surface area contributed by atoms with Crippen molar-refractivity contribution >= 4 is 34.1 Å². The highest BCUT2D eigenvalue weighted by Crippen LogP contribution is 2.45. The summed E-state index contributed by atoms with van der Waals surface area (Å²) >= 11 is 0. The fourth-order valence-electron chi connectivity index (χ4n) is 2.94. The van der Waals surface area contributed by atoms with E-state index in [1.165, 1.54) is 0 Å². The van der Waals surface area contributed by atoms with Crippen LogP contribution in [0.1, 0.15) is 0 Å². The second-order valence-electron chi connectivity index (χ2n) is 6.84. The van der Waals surface area contributed by atoms with Crippen molar-refractivity contribution in [1.82, 2.24) is 0 Å². The summed E-state index contributed by atoms with van der Waals surface area (Å²) in [6, 6.07) is 5.83.